The molecule has 0 bridgehead atoms. The number of nitrogens with zero attached hydrogens (tertiary/aromatic N) is 3. The Balaban J connectivity index is 1.54. The second kappa shape index (κ2) is 6.73. The lowest BCUT2D eigenvalue weighted by atomic mass is 10.2. The number of thiazole rings is 1. The van der Waals surface area contributed by atoms with E-state index in [2.05, 4.69) is 22.0 Å². The van der Waals surface area contributed by atoms with Crippen LogP contribution in [0.4, 0.5) is 0 Å². The van der Waals surface area contributed by atoms with E-state index in [1.54, 1.807) is 11.3 Å². The van der Waals surface area contributed by atoms with Crippen LogP contribution < -0.4 is 5.73 Å². The van der Waals surface area contributed by atoms with E-state index in [9.17, 15) is 4.79 Å². The van der Waals surface area contributed by atoms with Crippen LogP contribution in [0.5, 0.6) is 0 Å². The third-order valence-corrected chi connectivity index (χ3v) is 4.94. The molecular weight excluding hydrogens is 296 g/mol. The normalized spacial score (nSPS) is 17.8. The molecule has 1 amide bonds. The molecule has 1 aliphatic rings. The fourth-order valence-electron chi connectivity index (χ4n) is 2.74. The molecule has 1 aromatic heterocycles. The quantitative estimate of drug-likeness (QED) is 0.931. The zero-order chi connectivity index (χ0) is 15.5. The van der Waals surface area contributed by atoms with Crippen LogP contribution in [0.2, 0.25) is 0 Å². The van der Waals surface area contributed by atoms with E-state index in [4.69, 9.17) is 5.73 Å². The largest absolute Gasteiger partial charge is 0.340 e. The topological polar surface area (TPSA) is 62.5 Å². The molecule has 5 nitrogen and oxygen atoms in total. The lowest BCUT2D eigenvalue weighted by molar-refractivity contribution is -0.133. The summed E-state index contributed by atoms with van der Waals surface area (Å²) in [5.74, 6) is 0.176. The molecule has 1 aromatic carbocycles. The second-order valence-electron chi connectivity index (χ2n) is 5.91. The number of aromatic nitrogens is 1. The highest BCUT2D eigenvalue weighted by molar-refractivity contribution is 7.18. The highest BCUT2D eigenvalue weighted by Crippen LogP contribution is 2.23. The van der Waals surface area contributed by atoms with Gasteiger partial charge >= 0.3 is 0 Å². The van der Waals surface area contributed by atoms with E-state index in [0.29, 0.717) is 6.42 Å². The summed E-state index contributed by atoms with van der Waals surface area (Å²) in [6, 6.07) is 8.18. The number of hydrogen-bond acceptors (Lipinski definition) is 5. The molecular formula is C16H22N4OS. The van der Waals surface area contributed by atoms with E-state index in [-0.39, 0.29) is 11.9 Å². The Morgan fingerprint density at radius 2 is 2.05 bits per heavy atom. The Morgan fingerprint density at radius 1 is 1.32 bits per heavy atom. The van der Waals surface area contributed by atoms with E-state index in [1.165, 1.54) is 4.70 Å². The predicted octanol–water partition coefficient (Wildman–Crippen LogP) is 1.68. The first-order valence-corrected chi connectivity index (χ1v) is 8.53. The van der Waals surface area contributed by atoms with Gasteiger partial charge in [-0.2, -0.15) is 0 Å². The van der Waals surface area contributed by atoms with Gasteiger partial charge in [-0.3, -0.25) is 9.69 Å². The van der Waals surface area contributed by atoms with Gasteiger partial charge in [0, 0.05) is 38.6 Å². The Morgan fingerprint density at radius 3 is 2.73 bits per heavy atom. The summed E-state index contributed by atoms with van der Waals surface area (Å²) in [4.78, 5) is 21.0. The molecule has 0 spiro atoms. The minimum absolute atomic E-state index is 0.0618. The summed E-state index contributed by atoms with van der Waals surface area (Å²) in [5, 5.41) is 1.15. The van der Waals surface area contributed by atoms with Crippen LogP contribution in [0.1, 0.15) is 18.4 Å². The molecule has 1 unspecified atom stereocenters. The highest BCUT2D eigenvalue weighted by atomic mass is 32.1. The van der Waals surface area contributed by atoms with Crippen LogP contribution in [0, 0.1) is 0 Å². The number of amides is 1. The fourth-order valence-corrected chi connectivity index (χ4v) is 3.75. The van der Waals surface area contributed by atoms with Gasteiger partial charge in [-0.1, -0.05) is 12.1 Å². The van der Waals surface area contributed by atoms with E-state index < -0.39 is 0 Å². The van der Waals surface area contributed by atoms with Crippen molar-refractivity contribution in [1.82, 2.24) is 14.8 Å². The van der Waals surface area contributed by atoms with Crippen LogP contribution in [-0.2, 0) is 11.3 Å². The average molecular weight is 318 g/mol. The van der Waals surface area contributed by atoms with Gasteiger partial charge in [0.25, 0.3) is 0 Å². The van der Waals surface area contributed by atoms with Crippen molar-refractivity contribution < 1.29 is 4.79 Å². The Hall–Kier alpha value is -1.50. The van der Waals surface area contributed by atoms with Gasteiger partial charge in [0.05, 0.1) is 16.8 Å². The number of benzene rings is 1. The summed E-state index contributed by atoms with van der Waals surface area (Å²) >= 11 is 1.76. The molecule has 2 aromatic rings. The Bertz CT molecular complexity index is 613. The molecule has 1 aliphatic heterocycles. The van der Waals surface area contributed by atoms with Crippen LogP contribution in [0.25, 0.3) is 10.2 Å². The van der Waals surface area contributed by atoms with Crippen molar-refractivity contribution in [2.45, 2.75) is 25.9 Å². The standard InChI is InChI=1S/C16H22N4OS/c1-12(17)10-16(21)20-8-6-19(7-9-20)11-15-18-13-4-2-3-5-14(13)22-15/h2-5,12H,6-11,17H2,1H3. The first-order chi connectivity index (χ1) is 10.6. The van der Waals surface area contributed by atoms with Crippen LogP contribution in [-0.4, -0.2) is 52.9 Å². The van der Waals surface area contributed by atoms with Crippen molar-refractivity contribution >= 4 is 27.5 Å². The number of carbonyl (C=O) groups excluding carboxylic acids is 1. The summed E-state index contributed by atoms with van der Waals surface area (Å²) in [6.45, 7) is 6.13. The minimum atomic E-state index is -0.0618. The van der Waals surface area contributed by atoms with E-state index in [1.807, 2.05) is 24.0 Å². The number of fused-ring (bicyclic) bond motifs is 1. The molecule has 2 N–H and O–H groups in total. The first kappa shape index (κ1) is 15.4. The predicted molar refractivity (Wildman–Crippen MR) is 89.7 cm³/mol. The maximum absolute atomic E-state index is 12.0. The maximum Gasteiger partial charge on any atom is 0.224 e. The Kier molecular flexibility index (Phi) is 4.71. The smallest absolute Gasteiger partial charge is 0.224 e. The molecule has 0 saturated carbocycles. The number of hydrogen-bond donors (Lipinski definition) is 1. The Labute approximate surface area is 134 Å². The van der Waals surface area contributed by atoms with Gasteiger partial charge in [-0.15, -0.1) is 11.3 Å². The van der Waals surface area contributed by atoms with Crippen LogP contribution in [0.3, 0.4) is 0 Å². The highest BCUT2D eigenvalue weighted by Gasteiger charge is 2.22. The molecule has 1 saturated heterocycles. The lowest BCUT2D eigenvalue weighted by Crippen LogP contribution is -2.49. The zero-order valence-electron chi connectivity index (χ0n) is 12.9. The molecule has 1 atom stereocenters. The second-order valence-corrected chi connectivity index (χ2v) is 7.03. The average Bonchev–Trinajstić information content (AvgIpc) is 2.89. The summed E-state index contributed by atoms with van der Waals surface area (Å²) in [7, 11) is 0. The third kappa shape index (κ3) is 3.63. The molecule has 3 rings (SSSR count). The zero-order valence-corrected chi connectivity index (χ0v) is 13.7. The van der Waals surface area contributed by atoms with E-state index in [0.717, 1.165) is 43.2 Å². The number of nitrogens with two attached hydrogens (primary N) is 1. The van der Waals surface area contributed by atoms with Crippen molar-refractivity contribution in [2.75, 3.05) is 26.2 Å². The van der Waals surface area contributed by atoms with Gasteiger partial charge in [0.15, 0.2) is 0 Å². The number of rotatable bonds is 4. The first-order valence-electron chi connectivity index (χ1n) is 7.72. The molecule has 0 radical (unpaired) electrons. The summed E-state index contributed by atoms with van der Waals surface area (Å²) in [6.07, 6.45) is 0.442. The van der Waals surface area contributed by atoms with Crippen molar-refractivity contribution in [3.05, 3.63) is 29.3 Å². The molecule has 6 heteroatoms. The van der Waals surface area contributed by atoms with Gasteiger partial charge < -0.3 is 10.6 Å². The van der Waals surface area contributed by atoms with Gasteiger partial charge in [-0.25, -0.2) is 4.98 Å². The number of para-hydroxylation sites is 1. The summed E-state index contributed by atoms with van der Waals surface area (Å²) < 4.78 is 1.24. The van der Waals surface area contributed by atoms with Crippen molar-refractivity contribution in [3.63, 3.8) is 0 Å². The van der Waals surface area contributed by atoms with Gasteiger partial charge in [-0.05, 0) is 19.1 Å². The van der Waals surface area contributed by atoms with Crippen molar-refractivity contribution in [2.24, 2.45) is 5.73 Å². The molecule has 2 heterocycles. The number of piperazine rings is 1. The number of carbonyl (C=O) groups is 1. The summed E-state index contributed by atoms with van der Waals surface area (Å²) in [5.41, 5.74) is 6.78. The molecule has 1 fully saturated rings. The SMILES string of the molecule is CC(N)CC(=O)N1CCN(Cc2nc3ccccc3s2)CC1. The molecule has 22 heavy (non-hydrogen) atoms. The minimum Gasteiger partial charge on any atom is -0.340 e. The molecule has 118 valence electrons. The van der Waals surface area contributed by atoms with Gasteiger partial charge in [0.1, 0.15) is 5.01 Å². The van der Waals surface area contributed by atoms with Crippen LogP contribution >= 0.6 is 11.3 Å². The lowest BCUT2D eigenvalue weighted by Gasteiger charge is -2.34. The van der Waals surface area contributed by atoms with Crippen molar-refractivity contribution in [3.8, 4) is 0 Å². The maximum atomic E-state index is 12.0. The fraction of sp³-hybridized carbons (Fsp3) is 0.500. The van der Waals surface area contributed by atoms with Gasteiger partial charge in [0.2, 0.25) is 5.91 Å². The molecule has 0 aliphatic carbocycles. The van der Waals surface area contributed by atoms with Crippen molar-refractivity contribution in [1.29, 1.82) is 0 Å². The van der Waals surface area contributed by atoms with E-state index >= 15 is 0 Å². The third-order valence-electron chi connectivity index (χ3n) is 3.92. The monoisotopic (exact) mass is 318 g/mol. The van der Waals surface area contributed by atoms with Crippen LogP contribution in [0.15, 0.2) is 24.3 Å².